The summed E-state index contributed by atoms with van der Waals surface area (Å²) in [6, 6.07) is 11.1. The van der Waals surface area contributed by atoms with Crippen LogP contribution < -0.4 is 5.32 Å². The molecule has 22 heavy (non-hydrogen) atoms. The molecule has 0 aliphatic carbocycles. The van der Waals surface area contributed by atoms with Crippen LogP contribution in [0.15, 0.2) is 52.7 Å². The lowest BCUT2D eigenvalue weighted by Crippen LogP contribution is -2.04. The Labute approximate surface area is 131 Å². The van der Waals surface area contributed by atoms with Gasteiger partial charge in [-0.1, -0.05) is 11.6 Å². The number of azo groups is 1. The lowest BCUT2D eigenvalue weighted by molar-refractivity contribution is -0.384. The van der Waals surface area contributed by atoms with Crippen LogP contribution in [0.2, 0.25) is 5.02 Å². The van der Waals surface area contributed by atoms with E-state index in [9.17, 15) is 10.1 Å². The highest BCUT2D eigenvalue weighted by molar-refractivity contribution is 6.33. The third-order valence-electron chi connectivity index (χ3n) is 2.72. The Morgan fingerprint density at radius 2 is 1.91 bits per heavy atom. The average Bonchev–Trinajstić information content (AvgIpc) is 2.52. The quantitative estimate of drug-likeness (QED) is 0.476. The predicted octanol–water partition coefficient (Wildman–Crippen LogP) is 4.07. The van der Waals surface area contributed by atoms with E-state index >= 15 is 0 Å². The molecule has 114 valence electrons. The molecule has 0 atom stereocenters. The number of non-ortho nitro benzene ring substituents is 1. The van der Waals surface area contributed by atoms with E-state index in [1.54, 1.807) is 12.1 Å². The summed E-state index contributed by atoms with van der Waals surface area (Å²) in [5.41, 5.74) is 1.74. The second-order valence-electron chi connectivity index (χ2n) is 4.29. The molecule has 0 saturated heterocycles. The fraction of sp³-hybridized carbons (Fsp3) is 0.143. The van der Waals surface area contributed by atoms with Gasteiger partial charge in [0.1, 0.15) is 5.69 Å². The minimum absolute atomic E-state index is 0.0557. The van der Waals surface area contributed by atoms with Crippen molar-refractivity contribution in [1.82, 2.24) is 0 Å². The van der Waals surface area contributed by atoms with Crippen LogP contribution in [0.25, 0.3) is 0 Å². The van der Waals surface area contributed by atoms with Crippen molar-refractivity contribution < 1.29 is 10.0 Å². The third-order valence-corrected chi connectivity index (χ3v) is 3.03. The lowest BCUT2D eigenvalue weighted by Gasteiger charge is -2.03. The monoisotopic (exact) mass is 320 g/mol. The summed E-state index contributed by atoms with van der Waals surface area (Å²) in [6.07, 6.45) is 0. The van der Waals surface area contributed by atoms with E-state index in [2.05, 4.69) is 15.5 Å². The summed E-state index contributed by atoms with van der Waals surface area (Å²) in [5.74, 6) is 0. The van der Waals surface area contributed by atoms with Gasteiger partial charge in [-0.05, 0) is 30.3 Å². The largest absolute Gasteiger partial charge is 0.395 e. The Kier molecular flexibility index (Phi) is 5.40. The number of halogens is 1. The predicted molar refractivity (Wildman–Crippen MR) is 84.3 cm³/mol. The minimum Gasteiger partial charge on any atom is -0.395 e. The van der Waals surface area contributed by atoms with Crippen molar-refractivity contribution in [1.29, 1.82) is 0 Å². The van der Waals surface area contributed by atoms with E-state index in [-0.39, 0.29) is 17.3 Å². The minimum atomic E-state index is -0.523. The van der Waals surface area contributed by atoms with Crippen LogP contribution in [-0.4, -0.2) is 23.2 Å². The SMILES string of the molecule is O=[N+]([O-])c1ccc(N=Nc2ccc(NCCO)cc2)c(Cl)c1. The molecule has 0 heterocycles. The summed E-state index contributed by atoms with van der Waals surface area (Å²) < 4.78 is 0. The highest BCUT2D eigenvalue weighted by atomic mass is 35.5. The van der Waals surface area contributed by atoms with Crippen LogP contribution in [0.5, 0.6) is 0 Å². The summed E-state index contributed by atoms with van der Waals surface area (Å²) >= 11 is 5.93. The van der Waals surface area contributed by atoms with E-state index in [1.807, 2.05) is 12.1 Å². The van der Waals surface area contributed by atoms with E-state index in [0.717, 1.165) is 5.69 Å². The Hall–Kier alpha value is -2.51. The maximum absolute atomic E-state index is 10.6. The number of nitro benzene ring substituents is 1. The first kappa shape index (κ1) is 15.9. The standard InChI is InChI=1S/C14H13ClN4O3/c15-13-9-12(19(21)22)5-6-14(13)18-17-11-3-1-10(2-4-11)16-7-8-20/h1-6,9,16,20H,7-8H2. The number of nitro groups is 1. The van der Waals surface area contributed by atoms with Gasteiger partial charge in [-0.2, -0.15) is 5.11 Å². The molecule has 0 fully saturated rings. The van der Waals surface area contributed by atoms with E-state index in [1.165, 1.54) is 18.2 Å². The molecular formula is C14H13ClN4O3. The zero-order valence-electron chi connectivity index (χ0n) is 11.4. The normalized spacial score (nSPS) is 10.8. The van der Waals surface area contributed by atoms with Gasteiger partial charge in [0.05, 0.1) is 22.2 Å². The molecule has 7 nitrogen and oxygen atoms in total. The van der Waals surface area contributed by atoms with Crippen LogP contribution in [0.4, 0.5) is 22.7 Å². The number of aliphatic hydroxyl groups is 1. The van der Waals surface area contributed by atoms with Crippen LogP contribution in [0.3, 0.4) is 0 Å². The number of hydrogen-bond acceptors (Lipinski definition) is 6. The first-order chi connectivity index (χ1) is 10.6. The first-order valence-electron chi connectivity index (χ1n) is 6.40. The van der Waals surface area contributed by atoms with Crippen LogP contribution >= 0.6 is 11.6 Å². The zero-order chi connectivity index (χ0) is 15.9. The van der Waals surface area contributed by atoms with E-state index in [4.69, 9.17) is 16.7 Å². The summed E-state index contributed by atoms with van der Waals surface area (Å²) in [4.78, 5) is 10.1. The molecule has 2 aromatic rings. The van der Waals surface area contributed by atoms with Crippen LogP contribution in [0, 0.1) is 10.1 Å². The Balaban J connectivity index is 2.09. The van der Waals surface area contributed by atoms with Crippen LogP contribution in [0.1, 0.15) is 0 Å². The van der Waals surface area contributed by atoms with Gasteiger partial charge in [0, 0.05) is 24.4 Å². The number of rotatable bonds is 6. The molecule has 8 heteroatoms. The van der Waals surface area contributed by atoms with Gasteiger partial charge in [0.15, 0.2) is 0 Å². The second-order valence-corrected chi connectivity index (χ2v) is 4.70. The fourth-order valence-electron chi connectivity index (χ4n) is 1.65. The molecule has 2 aromatic carbocycles. The molecule has 0 aromatic heterocycles. The lowest BCUT2D eigenvalue weighted by atomic mass is 10.3. The Bertz CT molecular complexity index is 689. The number of nitrogens with one attached hydrogen (secondary N) is 1. The molecule has 0 radical (unpaired) electrons. The maximum Gasteiger partial charge on any atom is 0.271 e. The Morgan fingerprint density at radius 3 is 2.50 bits per heavy atom. The molecule has 0 unspecified atom stereocenters. The van der Waals surface area contributed by atoms with Gasteiger partial charge in [-0.3, -0.25) is 10.1 Å². The third kappa shape index (κ3) is 4.24. The summed E-state index contributed by atoms with van der Waals surface area (Å²) in [5, 5.41) is 30.5. The molecule has 0 bridgehead atoms. The number of nitrogens with zero attached hydrogens (tertiary/aromatic N) is 3. The van der Waals surface area contributed by atoms with Gasteiger partial charge < -0.3 is 10.4 Å². The van der Waals surface area contributed by atoms with Crippen LogP contribution in [-0.2, 0) is 0 Å². The van der Waals surface area contributed by atoms with Crippen molar-refractivity contribution in [2.75, 3.05) is 18.5 Å². The number of anilines is 1. The van der Waals surface area contributed by atoms with E-state index < -0.39 is 4.92 Å². The molecular weight excluding hydrogens is 308 g/mol. The van der Waals surface area contributed by atoms with Gasteiger partial charge >= 0.3 is 0 Å². The number of hydrogen-bond donors (Lipinski definition) is 2. The van der Waals surface area contributed by atoms with Crippen molar-refractivity contribution in [2.45, 2.75) is 0 Å². The Morgan fingerprint density at radius 1 is 1.18 bits per heavy atom. The van der Waals surface area contributed by atoms with Gasteiger partial charge in [0.25, 0.3) is 5.69 Å². The first-order valence-corrected chi connectivity index (χ1v) is 6.78. The molecule has 0 spiro atoms. The van der Waals surface area contributed by atoms with Crippen molar-refractivity contribution in [3.63, 3.8) is 0 Å². The van der Waals surface area contributed by atoms with Gasteiger partial charge in [-0.25, -0.2) is 0 Å². The van der Waals surface area contributed by atoms with E-state index in [0.29, 0.717) is 17.9 Å². The van der Waals surface area contributed by atoms with Crippen molar-refractivity contribution >= 4 is 34.4 Å². The highest BCUT2D eigenvalue weighted by Crippen LogP contribution is 2.30. The number of aliphatic hydroxyl groups excluding tert-OH is 1. The topological polar surface area (TPSA) is 100 Å². The van der Waals surface area contributed by atoms with Crippen molar-refractivity contribution in [3.8, 4) is 0 Å². The smallest absolute Gasteiger partial charge is 0.271 e. The zero-order valence-corrected chi connectivity index (χ0v) is 12.2. The molecule has 0 saturated carbocycles. The second kappa shape index (κ2) is 7.48. The van der Waals surface area contributed by atoms with Crippen molar-refractivity contribution in [2.24, 2.45) is 10.2 Å². The van der Waals surface area contributed by atoms with Crippen molar-refractivity contribution in [3.05, 3.63) is 57.6 Å². The average molecular weight is 321 g/mol. The molecule has 0 amide bonds. The maximum atomic E-state index is 10.6. The fourth-order valence-corrected chi connectivity index (χ4v) is 1.86. The number of benzene rings is 2. The molecule has 0 aliphatic rings. The molecule has 2 rings (SSSR count). The summed E-state index contributed by atoms with van der Waals surface area (Å²) in [7, 11) is 0. The highest BCUT2D eigenvalue weighted by Gasteiger charge is 2.08. The van der Waals surface area contributed by atoms with Gasteiger partial charge in [-0.15, -0.1) is 5.11 Å². The van der Waals surface area contributed by atoms with Gasteiger partial charge in [0.2, 0.25) is 0 Å². The summed E-state index contributed by atoms with van der Waals surface area (Å²) in [6.45, 7) is 0.527. The molecule has 0 aliphatic heterocycles. The molecule has 2 N–H and O–H groups in total.